The molecule has 0 radical (unpaired) electrons. The zero-order valence-corrected chi connectivity index (χ0v) is 17.6. The summed E-state index contributed by atoms with van der Waals surface area (Å²) in [5.74, 6) is 1.08. The van der Waals surface area contributed by atoms with Crippen LogP contribution in [-0.2, 0) is 19.7 Å². The van der Waals surface area contributed by atoms with Crippen LogP contribution in [0.1, 0.15) is 16.7 Å². The summed E-state index contributed by atoms with van der Waals surface area (Å²) in [6.45, 7) is 1.58. The predicted octanol–water partition coefficient (Wildman–Crippen LogP) is 6.52. The monoisotopic (exact) mass is 435 g/mol. The molecule has 0 saturated heterocycles. The maximum Gasteiger partial charge on any atom is 0.180 e. The summed E-state index contributed by atoms with van der Waals surface area (Å²) in [5, 5.41) is 5.25. The van der Waals surface area contributed by atoms with Crippen molar-refractivity contribution in [3.8, 4) is 11.5 Å². The van der Waals surface area contributed by atoms with Gasteiger partial charge in [-0.05, 0) is 35.4 Å². The van der Waals surface area contributed by atoms with Crippen molar-refractivity contribution in [3.63, 3.8) is 0 Å². The van der Waals surface area contributed by atoms with E-state index in [-0.39, 0.29) is 0 Å². The van der Waals surface area contributed by atoms with E-state index in [0.717, 1.165) is 21.7 Å². The fourth-order valence-electron chi connectivity index (χ4n) is 2.76. The number of benzene rings is 3. The van der Waals surface area contributed by atoms with Crippen LogP contribution in [0.4, 0.5) is 0 Å². The lowest BCUT2D eigenvalue weighted by molar-refractivity contribution is 0.284. The standard InChI is InChI=1S/C22H20Cl3NO2/c1-27-21-11-15(12-26-13-16-6-2-4-8-18(16)23)10-20(25)22(21)28-14-17-7-3-5-9-19(17)24/h2-11,26H,12-14H2,1H3. The summed E-state index contributed by atoms with van der Waals surface area (Å²) in [4.78, 5) is 0. The highest BCUT2D eigenvalue weighted by Crippen LogP contribution is 2.37. The van der Waals surface area contributed by atoms with E-state index < -0.39 is 0 Å². The SMILES string of the molecule is COc1cc(CNCc2ccccc2Cl)cc(Cl)c1OCc1ccccc1Cl. The zero-order valence-electron chi connectivity index (χ0n) is 15.3. The second kappa shape index (κ2) is 10.0. The molecule has 3 rings (SSSR count). The molecule has 0 saturated carbocycles. The van der Waals surface area contributed by atoms with Gasteiger partial charge in [-0.2, -0.15) is 0 Å². The van der Waals surface area contributed by atoms with Crippen LogP contribution >= 0.6 is 34.8 Å². The van der Waals surface area contributed by atoms with Gasteiger partial charge in [-0.25, -0.2) is 0 Å². The molecule has 0 aliphatic rings. The van der Waals surface area contributed by atoms with Gasteiger partial charge in [0.05, 0.1) is 12.1 Å². The maximum absolute atomic E-state index is 6.45. The van der Waals surface area contributed by atoms with Gasteiger partial charge in [0.25, 0.3) is 0 Å². The lowest BCUT2D eigenvalue weighted by Crippen LogP contribution is -2.13. The van der Waals surface area contributed by atoms with Gasteiger partial charge >= 0.3 is 0 Å². The fraction of sp³-hybridized carbons (Fsp3) is 0.182. The molecule has 0 fully saturated rings. The molecule has 0 aliphatic carbocycles. The summed E-state index contributed by atoms with van der Waals surface area (Å²) in [6, 6.07) is 19.1. The second-order valence-corrected chi connectivity index (χ2v) is 7.41. The van der Waals surface area contributed by atoms with E-state index in [9.17, 15) is 0 Å². The highest BCUT2D eigenvalue weighted by atomic mass is 35.5. The number of halogens is 3. The summed E-state index contributed by atoms with van der Waals surface area (Å²) in [5.41, 5.74) is 2.91. The van der Waals surface area contributed by atoms with Gasteiger partial charge in [0.1, 0.15) is 6.61 Å². The second-order valence-electron chi connectivity index (χ2n) is 6.18. The molecule has 0 heterocycles. The molecule has 0 aromatic heterocycles. The van der Waals surface area contributed by atoms with Crippen molar-refractivity contribution in [1.29, 1.82) is 0 Å². The van der Waals surface area contributed by atoms with E-state index in [2.05, 4.69) is 5.32 Å². The van der Waals surface area contributed by atoms with Crippen molar-refractivity contribution in [2.24, 2.45) is 0 Å². The van der Waals surface area contributed by atoms with E-state index >= 15 is 0 Å². The van der Waals surface area contributed by atoms with Crippen LogP contribution in [0.3, 0.4) is 0 Å². The number of hydrogen-bond donors (Lipinski definition) is 1. The lowest BCUT2D eigenvalue weighted by Gasteiger charge is -2.15. The number of nitrogens with one attached hydrogen (secondary N) is 1. The Bertz CT molecular complexity index is 947. The van der Waals surface area contributed by atoms with Crippen LogP contribution in [0.2, 0.25) is 15.1 Å². The third-order valence-electron chi connectivity index (χ3n) is 4.22. The minimum Gasteiger partial charge on any atom is -0.493 e. The van der Waals surface area contributed by atoms with Crippen molar-refractivity contribution >= 4 is 34.8 Å². The van der Waals surface area contributed by atoms with Crippen LogP contribution in [0, 0.1) is 0 Å². The zero-order chi connectivity index (χ0) is 19.9. The van der Waals surface area contributed by atoms with Crippen molar-refractivity contribution in [2.75, 3.05) is 7.11 Å². The fourth-order valence-corrected chi connectivity index (χ4v) is 3.44. The Morgan fingerprint density at radius 3 is 2.07 bits per heavy atom. The molecule has 6 heteroatoms. The van der Waals surface area contributed by atoms with Gasteiger partial charge in [-0.1, -0.05) is 71.2 Å². The molecule has 0 amide bonds. The van der Waals surface area contributed by atoms with E-state index in [1.807, 2.05) is 60.7 Å². The Morgan fingerprint density at radius 1 is 0.786 bits per heavy atom. The maximum atomic E-state index is 6.45. The molecule has 3 aromatic rings. The largest absolute Gasteiger partial charge is 0.493 e. The first-order valence-electron chi connectivity index (χ1n) is 8.75. The van der Waals surface area contributed by atoms with Crippen LogP contribution < -0.4 is 14.8 Å². The predicted molar refractivity (Wildman–Crippen MR) is 116 cm³/mol. The van der Waals surface area contributed by atoms with Gasteiger partial charge in [0, 0.05) is 28.7 Å². The van der Waals surface area contributed by atoms with Crippen molar-refractivity contribution < 1.29 is 9.47 Å². The van der Waals surface area contributed by atoms with E-state index in [0.29, 0.717) is 41.2 Å². The van der Waals surface area contributed by atoms with Crippen LogP contribution in [0.25, 0.3) is 0 Å². The third-order valence-corrected chi connectivity index (χ3v) is 5.24. The molecule has 3 nitrogen and oxygen atoms in total. The molecular weight excluding hydrogens is 417 g/mol. The van der Waals surface area contributed by atoms with Crippen LogP contribution in [-0.4, -0.2) is 7.11 Å². The van der Waals surface area contributed by atoms with E-state index in [4.69, 9.17) is 44.3 Å². The Kier molecular flexibility index (Phi) is 7.46. The van der Waals surface area contributed by atoms with E-state index in [1.165, 1.54) is 0 Å². The third kappa shape index (κ3) is 5.33. The minimum atomic E-state index is 0.305. The average Bonchev–Trinajstić information content (AvgIpc) is 2.69. The summed E-state index contributed by atoms with van der Waals surface area (Å²) in [7, 11) is 1.59. The number of ether oxygens (including phenoxy) is 2. The highest BCUT2D eigenvalue weighted by molar-refractivity contribution is 6.32. The molecule has 0 aliphatic heterocycles. The number of rotatable bonds is 8. The van der Waals surface area contributed by atoms with Crippen LogP contribution in [0.5, 0.6) is 11.5 Å². The molecule has 0 unspecified atom stereocenters. The van der Waals surface area contributed by atoms with Gasteiger partial charge in [0.15, 0.2) is 11.5 Å². The van der Waals surface area contributed by atoms with Crippen molar-refractivity contribution in [2.45, 2.75) is 19.7 Å². The molecule has 1 N–H and O–H groups in total. The first-order chi connectivity index (χ1) is 13.6. The van der Waals surface area contributed by atoms with Gasteiger partial charge < -0.3 is 14.8 Å². The summed E-state index contributed by atoms with van der Waals surface area (Å²) >= 11 is 18.8. The van der Waals surface area contributed by atoms with Gasteiger partial charge in [-0.3, -0.25) is 0 Å². The van der Waals surface area contributed by atoms with Crippen molar-refractivity contribution in [3.05, 3.63) is 92.4 Å². The first kappa shape index (κ1) is 20.8. The highest BCUT2D eigenvalue weighted by Gasteiger charge is 2.13. The first-order valence-corrected chi connectivity index (χ1v) is 9.88. The molecule has 28 heavy (non-hydrogen) atoms. The molecule has 3 aromatic carbocycles. The van der Waals surface area contributed by atoms with Crippen LogP contribution in [0.15, 0.2) is 60.7 Å². The van der Waals surface area contributed by atoms with Gasteiger partial charge in [0.2, 0.25) is 0 Å². The van der Waals surface area contributed by atoms with Gasteiger partial charge in [-0.15, -0.1) is 0 Å². The average molecular weight is 437 g/mol. The molecule has 0 atom stereocenters. The molecule has 0 spiro atoms. The Morgan fingerprint density at radius 2 is 1.43 bits per heavy atom. The van der Waals surface area contributed by atoms with E-state index in [1.54, 1.807) is 7.11 Å². The topological polar surface area (TPSA) is 30.5 Å². The molecule has 0 bridgehead atoms. The van der Waals surface area contributed by atoms with Crippen molar-refractivity contribution in [1.82, 2.24) is 5.32 Å². The Balaban J connectivity index is 1.67. The Labute approximate surface area is 180 Å². The summed E-state index contributed by atoms with van der Waals surface area (Å²) in [6.07, 6.45) is 0. The summed E-state index contributed by atoms with van der Waals surface area (Å²) < 4.78 is 11.4. The molecule has 146 valence electrons. The smallest absolute Gasteiger partial charge is 0.180 e. The quantitative estimate of drug-likeness (QED) is 0.436. The number of methoxy groups -OCH3 is 1. The number of hydrogen-bond acceptors (Lipinski definition) is 3. The Hall–Kier alpha value is -1.91. The minimum absolute atomic E-state index is 0.305. The molecular formula is C22H20Cl3NO2. The lowest BCUT2D eigenvalue weighted by atomic mass is 10.1. The normalized spacial score (nSPS) is 10.7.